The lowest BCUT2D eigenvalue weighted by molar-refractivity contribution is -0.128. The predicted molar refractivity (Wildman–Crippen MR) is 118 cm³/mol. The summed E-state index contributed by atoms with van der Waals surface area (Å²) in [7, 11) is 2.16. The first kappa shape index (κ1) is 24.0. The molecule has 0 heterocycles. The van der Waals surface area contributed by atoms with Crippen LogP contribution in [0.5, 0.6) is 0 Å². The van der Waals surface area contributed by atoms with Crippen LogP contribution in [0, 0.1) is 5.41 Å². The number of carbonyl (C=O) groups is 1. The van der Waals surface area contributed by atoms with Gasteiger partial charge in [-0.25, -0.2) is 0 Å². The highest BCUT2D eigenvalue weighted by Crippen LogP contribution is 2.15. The number of benzene rings is 1. The first-order valence-electron chi connectivity index (χ1n) is 10.3. The molecule has 1 atom stereocenters. The Labute approximate surface area is 171 Å². The predicted octanol–water partition coefficient (Wildman–Crippen LogP) is 2.61. The first-order valence-corrected chi connectivity index (χ1v) is 10.3. The van der Waals surface area contributed by atoms with Crippen molar-refractivity contribution in [2.45, 2.75) is 53.6 Å². The van der Waals surface area contributed by atoms with Crippen LogP contribution in [0.4, 0.5) is 0 Å². The number of aliphatic imine (C=N–C) groups is 1. The largest absolute Gasteiger partial charge is 0.357 e. The summed E-state index contributed by atoms with van der Waals surface area (Å²) in [4.78, 5) is 19.1. The smallest absolute Gasteiger partial charge is 0.227 e. The van der Waals surface area contributed by atoms with Gasteiger partial charge in [-0.3, -0.25) is 14.7 Å². The minimum atomic E-state index is -0.526. The Hall–Kier alpha value is -2.08. The van der Waals surface area contributed by atoms with Crippen molar-refractivity contribution in [2.24, 2.45) is 10.4 Å². The molecule has 3 N–H and O–H groups in total. The molecule has 0 aromatic heterocycles. The lowest BCUT2D eigenvalue weighted by Gasteiger charge is -2.25. The van der Waals surface area contributed by atoms with E-state index < -0.39 is 5.41 Å². The van der Waals surface area contributed by atoms with E-state index in [-0.39, 0.29) is 5.91 Å². The topological polar surface area (TPSA) is 68.8 Å². The van der Waals surface area contributed by atoms with E-state index in [1.807, 2.05) is 33.8 Å². The van der Waals surface area contributed by atoms with Crippen molar-refractivity contribution >= 4 is 11.9 Å². The van der Waals surface area contributed by atoms with Crippen LogP contribution in [-0.4, -0.2) is 56.0 Å². The van der Waals surface area contributed by atoms with Crippen LogP contribution in [0.25, 0.3) is 0 Å². The van der Waals surface area contributed by atoms with Crippen LogP contribution in [0.1, 0.15) is 46.6 Å². The Morgan fingerprint density at radius 1 is 1.11 bits per heavy atom. The fourth-order valence-corrected chi connectivity index (χ4v) is 2.74. The van der Waals surface area contributed by atoms with Crippen molar-refractivity contribution in [3.63, 3.8) is 0 Å². The molecule has 0 saturated heterocycles. The molecule has 1 aromatic rings. The van der Waals surface area contributed by atoms with Crippen LogP contribution < -0.4 is 16.0 Å². The molecule has 0 bridgehead atoms. The minimum absolute atomic E-state index is 0.0331. The molecule has 0 aliphatic rings. The van der Waals surface area contributed by atoms with E-state index in [4.69, 9.17) is 0 Å². The maximum Gasteiger partial charge on any atom is 0.227 e. The van der Waals surface area contributed by atoms with Gasteiger partial charge in [-0.15, -0.1) is 0 Å². The second kappa shape index (κ2) is 12.4. The Bertz CT molecular complexity index is 600. The van der Waals surface area contributed by atoms with E-state index in [2.05, 4.69) is 64.1 Å². The third-order valence-corrected chi connectivity index (χ3v) is 4.81. The zero-order valence-corrected chi connectivity index (χ0v) is 18.5. The quantitative estimate of drug-likeness (QED) is 0.402. The van der Waals surface area contributed by atoms with Gasteiger partial charge in [0.05, 0.1) is 12.0 Å². The van der Waals surface area contributed by atoms with Crippen LogP contribution in [0.3, 0.4) is 0 Å². The van der Waals surface area contributed by atoms with E-state index in [1.165, 1.54) is 5.56 Å². The van der Waals surface area contributed by atoms with Gasteiger partial charge in [0.2, 0.25) is 5.91 Å². The average molecular weight is 390 g/mol. The summed E-state index contributed by atoms with van der Waals surface area (Å²) in [6.45, 7) is 13.7. The van der Waals surface area contributed by atoms with Gasteiger partial charge in [0.1, 0.15) is 0 Å². The maximum absolute atomic E-state index is 12.1. The number of nitrogens with zero attached hydrogens (tertiary/aromatic N) is 2. The monoisotopic (exact) mass is 389 g/mol. The molecule has 0 fully saturated rings. The number of amides is 1. The Morgan fingerprint density at radius 2 is 1.75 bits per heavy atom. The Kier molecular flexibility index (Phi) is 10.6. The van der Waals surface area contributed by atoms with E-state index in [1.54, 1.807) is 0 Å². The number of rotatable bonds is 11. The Morgan fingerprint density at radius 3 is 2.36 bits per heavy atom. The van der Waals surface area contributed by atoms with Crippen LogP contribution in [-0.2, 0) is 11.3 Å². The van der Waals surface area contributed by atoms with Gasteiger partial charge in [-0.1, -0.05) is 30.3 Å². The number of hydrogen-bond acceptors (Lipinski definition) is 3. The number of hydrogen-bond donors (Lipinski definition) is 3. The van der Waals surface area contributed by atoms with Gasteiger partial charge in [0.15, 0.2) is 5.96 Å². The zero-order chi connectivity index (χ0) is 21.0. The van der Waals surface area contributed by atoms with Crippen molar-refractivity contribution in [3.05, 3.63) is 35.9 Å². The number of guanidine groups is 1. The summed E-state index contributed by atoms with van der Waals surface area (Å²) in [5.74, 6) is 0.795. The van der Waals surface area contributed by atoms with E-state index in [9.17, 15) is 4.79 Å². The van der Waals surface area contributed by atoms with Gasteiger partial charge in [-0.05, 0) is 53.7 Å². The fraction of sp³-hybridized carbons (Fsp3) is 0.636. The summed E-state index contributed by atoms with van der Waals surface area (Å²) in [5.41, 5.74) is 0.800. The second-order valence-electron chi connectivity index (χ2n) is 7.90. The Balaban J connectivity index is 2.50. The van der Waals surface area contributed by atoms with Crippen molar-refractivity contribution < 1.29 is 4.79 Å². The van der Waals surface area contributed by atoms with Crippen molar-refractivity contribution in [2.75, 3.05) is 33.2 Å². The van der Waals surface area contributed by atoms with Gasteiger partial charge < -0.3 is 16.0 Å². The van der Waals surface area contributed by atoms with Crippen molar-refractivity contribution in [3.8, 4) is 0 Å². The minimum Gasteiger partial charge on any atom is -0.357 e. The first-order chi connectivity index (χ1) is 13.3. The molecule has 1 unspecified atom stereocenters. The third kappa shape index (κ3) is 8.74. The molecule has 0 spiro atoms. The van der Waals surface area contributed by atoms with Gasteiger partial charge in [0, 0.05) is 32.2 Å². The fourth-order valence-electron chi connectivity index (χ4n) is 2.74. The third-order valence-electron chi connectivity index (χ3n) is 4.81. The lowest BCUT2D eigenvalue weighted by Crippen LogP contribution is -2.42. The molecule has 1 rings (SSSR count). The normalized spacial score (nSPS) is 13.3. The van der Waals surface area contributed by atoms with Crippen molar-refractivity contribution in [1.82, 2.24) is 20.9 Å². The summed E-state index contributed by atoms with van der Waals surface area (Å²) in [6, 6.07) is 11.0. The number of carbonyl (C=O) groups excluding carboxylic acids is 1. The van der Waals surface area contributed by atoms with Crippen LogP contribution >= 0.6 is 0 Å². The van der Waals surface area contributed by atoms with Crippen LogP contribution in [0.2, 0.25) is 0 Å². The zero-order valence-electron chi connectivity index (χ0n) is 18.5. The average Bonchev–Trinajstić information content (AvgIpc) is 2.67. The maximum atomic E-state index is 12.1. The van der Waals surface area contributed by atoms with Gasteiger partial charge in [0.25, 0.3) is 0 Å². The van der Waals surface area contributed by atoms with E-state index >= 15 is 0 Å². The second-order valence-corrected chi connectivity index (χ2v) is 7.90. The molecule has 1 amide bonds. The molecule has 0 saturated carbocycles. The summed E-state index contributed by atoms with van der Waals surface area (Å²) in [5, 5.41) is 9.53. The molecule has 6 nitrogen and oxygen atoms in total. The molecule has 0 radical (unpaired) electrons. The molecular formula is C22H39N5O. The summed E-state index contributed by atoms with van der Waals surface area (Å²) < 4.78 is 0. The van der Waals surface area contributed by atoms with Gasteiger partial charge in [-0.2, -0.15) is 0 Å². The van der Waals surface area contributed by atoms with E-state index in [0.717, 1.165) is 32.0 Å². The highest BCUT2D eigenvalue weighted by atomic mass is 16.2. The van der Waals surface area contributed by atoms with Crippen molar-refractivity contribution in [1.29, 1.82) is 0 Å². The SMILES string of the molecule is CCNC(=O)C(C)(C)CN=C(NCC)NCCC(C)N(C)Cc1ccccc1. The molecular weight excluding hydrogens is 350 g/mol. The van der Waals surface area contributed by atoms with E-state index in [0.29, 0.717) is 19.1 Å². The summed E-state index contributed by atoms with van der Waals surface area (Å²) in [6.07, 6.45) is 1.01. The standard InChI is InChI=1S/C22H39N5O/c1-7-23-20(28)22(4,5)17-26-21(24-8-2)25-15-14-18(3)27(6)16-19-12-10-9-11-13-19/h9-13,18H,7-8,14-17H2,1-6H3,(H,23,28)(H2,24,25,26). The van der Waals surface area contributed by atoms with Crippen LogP contribution in [0.15, 0.2) is 35.3 Å². The number of nitrogens with one attached hydrogen (secondary N) is 3. The lowest BCUT2D eigenvalue weighted by atomic mass is 9.92. The summed E-state index contributed by atoms with van der Waals surface area (Å²) >= 11 is 0. The highest BCUT2D eigenvalue weighted by Gasteiger charge is 2.26. The molecule has 6 heteroatoms. The molecule has 1 aromatic carbocycles. The van der Waals surface area contributed by atoms with Gasteiger partial charge >= 0.3 is 0 Å². The molecule has 0 aliphatic carbocycles. The molecule has 158 valence electrons. The highest BCUT2D eigenvalue weighted by molar-refractivity contribution is 5.83. The molecule has 0 aliphatic heterocycles. The molecule has 28 heavy (non-hydrogen) atoms.